The van der Waals surface area contributed by atoms with Gasteiger partial charge in [-0.05, 0) is 30.3 Å². The van der Waals surface area contributed by atoms with Crippen molar-refractivity contribution in [1.29, 1.82) is 0 Å². The normalized spacial score (nSPS) is 10.2. The van der Waals surface area contributed by atoms with Crippen LogP contribution in [-0.2, 0) is 0 Å². The maximum Gasteiger partial charge on any atom is 0.287 e. The maximum absolute atomic E-state index is 13.5. The summed E-state index contributed by atoms with van der Waals surface area (Å²) in [4.78, 5) is 23.3. The van der Waals surface area contributed by atoms with Crippen LogP contribution in [0.4, 0.5) is 4.39 Å². The Kier molecular flexibility index (Phi) is 5.10. The van der Waals surface area contributed by atoms with E-state index in [1.807, 2.05) is 0 Å². The minimum Gasteiger partial charge on any atom is -0.459 e. The van der Waals surface area contributed by atoms with Crippen molar-refractivity contribution >= 4 is 27.7 Å². The molecule has 0 fully saturated rings. The molecule has 2 aromatic rings. The molecule has 0 saturated carbocycles. The fourth-order valence-corrected chi connectivity index (χ4v) is 1.97. The summed E-state index contributed by atoms with van der Waals surface area (Å²) in [5.74, 6) is -1.32. The number of rotatable bonds is 5. The topological polar surface area (TPSA) is 71.3 Å². The van der Waals surface area contributed by atoms with E-state index >= 15 is 0 Å². The first-order chi connectivity index (χ1) is 10.1. The Morgan fingerprint density at radius 1 is 1.14 bits per heavy atom. The number of hydrogen-bond acceptors (Lipinski definition) is 3. The molecule has 0 spiro atoms. The van der Waals surface area contributed by atoms with Crippen LogP contribution in [0.25, 0.3) is 0 Å². The van der Waals surface area contributed by atoms with E-state index < -0.39 is 11.7 Å². The van der Waals surface area contributed by atoms with Crippen LogP contribution in [0, 0.1) is 5.82 Å². The lowest BCUT2D eigenvalue weighted by Gasteiger charge is -2.07. The van der Waals surface area contributed by atoms with Gasteiger partial charge in [0, 0.05) is 17.6 Å². The molecule has 1 aromatic carbocycles. The van der Waals surface area contributed by atoms with Gasteiger partial charge in [-0.2, -0.15) is 0 Å². The van der Waals surface area contributed by atoms with Crippen molar-refractivity contribution in [3.63, 3.8) is 0 Å². The van der Waals surface area contributed by atoms with Crippen LogP contribution in [0.1, 0.15) is 20.9 Å². The first-order valence-electron chi connectivity index (χ1n) is 6.13. The van der Waals surface area contributed by atoms with Gasteiger partial charge in [-0.25, -0.2) is 4.39 Å². The van der Waals surface area contributed by atoms with Crippen molar-refractivity contribution in [1.82, 2.24) is 10.6 Å². The molecule has 0 unspecified atom stereocenters. The van der Waals surface area contributed by atoms with E-state index in [-0.39, 0.29) is 30.3 Å². The SMILES string of the molecule is O=C(NCCNC(=O)c1cc(Br)ccc1F)c1ccco1. The molecule has 5 nitrogen and oxygen atoms in total. The van der Waals surface area contributed by atoms with Gasteiger partial charge in [0.15, 0.2) is 5.76 Å². The van der Waals surface area contributed by atoms with Gasteiger partial charge >= 0.3 is 0 Å². The molecule has 0 saturated heterocycles. The Balaban J connectivity index is 1.79. The third kappa shape index (κ3) is 4.16. The monoisotopic (exact) mass is 354 g/mol. The molecule has 2 rings (SSSR count). The van der Waals surface area contributed by atoms with Crippen molar-refractivity contribution in [3.8, 4) is 0 Å². The molecule has 1 aromatic heterocycles. The lowest BCUT2D eigenvalue weighted by atomic mass is 10.2. The third-order valence-corrected chi connectivity index (χ3v) is 3.11. The van der Waals surface area contributed by atoms with E-state index in [4.69, 9.17) is 4.42 Å². The predicted octanol–water partition coefficient (Wildman–Crippen LogP) is 2.34. The molecule has 2 amide bonds. The molecule has 0 aliphatic rings. The second-order valence-corrected chi connectivity index (χ2v) is 5.03. The van der Waals surface area contributed by atoms with Crippen molar-refractivity contribution in [2.24, 2.45) is 0 Å². The first-order valence-corrected chi connectivity index (χ1v) is 6.92. The molecule has 1 heterocycles. The summed E-state index contributed by atoms with van der Waals surface area (Å²) < 4.78 is 19.0. The minimum atomic E-state index is -0.602. The molecule has 0 aliphatic heterocycles. The maximum atomic E-state index is 13.5. The summed E-state index contributed by atoms with van der Waals surface area (Å²) in [7, 11) is 0. The molecule has 2 N–H and O–H groups in total. The number of nitrogens with one attached hydrogen (secondary N) is 2. The summed E-state index contributed by atoms with van der Waals surface area (Å²) >= 11 is 3.17. The lowest BCUT2D eigenvalue weighted by Crippen LogP contribution is -2.34. The average Bonchev–Trinajstić information content (AvgIpc) is 3.00. The number of furan rings is 1. The quantitative estimate of drug-likeness (QED) is 0.809. The van der Waals surface area contributed by atoms with Gasteiger partial charge in [0.05, 0.1) is 11.8 Å². The van der Waals surface area contributed by atoms with E-state index in [1.54, 1.807) is 6.07 Å². The van der Waals surface area contributed by atoms with Crippen LogP contribution >= 0.6 is 15.9 Å². The number of benzene rings is 1. The second-order valence-electron chi connectivity index (χ2n) is 4.11. The summed E-state index contributed by atoms with van der Waals surface area (Å²) in [5.41, 5.74) is -0.0539. The molecule has 21 heavy (non-hydrogen) atoms. The highest BCUT2D eigenvalue weighted by molar-refractivity contribution is 9.10. The van der Waals surface area contributed by atoms with Crippen LogP contribution in [0.2, 0.25) is 0 Å². The van der Waals surface area contributed by atoms with E-state index in [2.05, 4.69) is 26.6 Å². The predicted molar refractivity (Wildman–Crippen MR) is 77.5 cm³/mol. The minimum absolute atomic E-state index is 0.0539. The van der Waals surface area contributed by atoms with Crippen molar-refractivity contribution in [2.75, 3.05) is 13.1 Å². The largest absolute Gasteiger partial charge is 0.459 e. The van der Waals surface area contributed by atoms with Crippen molar-refractivity contribution in [2.45, 2.75) is 0 Å². The zero-order valence-corrected chi connectivity index (χ0v) is 12.4. The van der Waals surface area contributed by atoms with Gasteiger partial charge < -0.3 is 15.1 Å². The van der Waals surface area contributed by atoms with Gasteiger partial charge in [-0.15, -0.1) is 0 Å². The van der Waals surface area contributed by atoms with E-state index in [9.17, 15) is 14.0 Å². The van der Waals surface area contributed by atoms with Crippen LogP contribution in [0.5, 0.6) is 0 Å². The van der Waals surface area contributed by atoms with Gasteiger partial charge in [0.25, 0.3) is 11.8 Å². The Labute approximate surface area is 128 Å². The zero-order valence-electron chi connectivity index (χ0n) is 10.9. The zero-order chi connectivity index (χ0) is 15.2. The fourth-order valence-electron chi connectivity index (χ4n) is 1.61. The number of halogens is 2. The average molecular weight is 355 g/mol. The molecule has 7 heteroatoms. The van der Waals surface area contributed by atoms with Gasteiger partial charge in [-0.3, -0.25) is 9.59 Å². The molecule has 0 bridgehead atoms. The van der Waals surface area contributed by atoms with Crippen LogP contribution in [-0.4, -0.2) is 24.9 Å². The smallest absolute Gasteiger partial charge is 0.287 e. The van der Waals surface area contributed by atoms with Gasteiger partial charge in [-0.1, -0.05) is 15.9 Å². The van der Waals surface area contributed by atoms with Crippen molar-refractivity contribution < 1.29 is 18.4 Å². The van der Waals surface area contributed by atoms with Crippen LogP contribution in [0.15, 0.2) is 45.5 Å². The Morgan fingerprint density at radius 2 is 1.86 bits per heavy atom. The molecule has 0 atom stereocenters. The summed E-state index contributed by atoms with van der Waals surface area (Å²) in [5, 5.41) is 5.09. The number of carbonyl (C=O) groups excluding carboxylic acids is 2. The highest BCUT2D eigenvalue weighted by Gasteiger charge is 2.12. The second kappa shape index (κ2) is 7.03. The van der Waals surface area contributed by atoms with Crippen molar-refractivity contribution in [3.05, 3.63) is 58.2 Å². The summed E-state index contributed by atoms with van der Waals surface area (Å²) in [6, 6.07) is 7.25. The molecule has 110 valence electrons. The Hall–Kier alpha value is -2.15. The van der Waals surface area contributed by atoms with Gasteiger partial charge in [0.1, 0.15) is 5.82 Å². The number of hydrogen-bond donors (Lipinski definition) is 2. The molecular weight excluding hydrogens is 343 g/mol. The highest BCUT2D eigenvalue weighted by Crippen LogP contribution is 2.15. The Bertz CT molecular complexity index is 644. The van der Waals surface area contributed by atoms with Crippen LogP contribution < -0.4 is 10.6 Å². The molecule has 0 aliphatic carbocycles. The summed E-state index contributed by atoms with van der Waals surface area (Å²) in [6.45, 7) is 0.387. The number of amides is 2. The number of carbonyl (C=O) groups is 2. The van der Waals surface area contributed by atoms with E-state index in [1.165, 1.54) is 30.5 Å². The summed E-state index contributed by atoms with van der Waals surface area (Å²) in [6.07, 6.45) is 1.40. The van der Waals surface area contributed by atoms with Crippen LogP contribution in [0.3, 0.4) is 0 Å². The molecule has 0 radical (unpaired) electrons. The Morgan fingerprint density at radius 3 is 2.52 bits per heavy atom. The van der Waals surface area contributed by atoms with E-state index in [0.29, 0.717) is 4.47 Å². The third-order valence-electron chi connectivity index (χ3n) is 2.61. The fraction of sp³-hybridized carbons (Fsp3) is 0.143. The lowest BCUT2D eigenvalue weighted by molar-refractivity contribution is 0.0909. The van der Waals surface area contributed by atoms with E-state index in [0.717, 1.165) is 0 Å². The van der Waals surface area contributed by atoms with Gasteiger partial charge in [0.2, 0.25) is 0 Å². The standard InChI is InChI=1S/C14H12BrFN2O3/c15-9-3-4-11(16)10(8-9)13(19)17-5-6-18-14(20)12-2-1-7-21-12/h1-4,7-8H,5-6H2,(H,17,19)(H,18,20). The highest BCUT2D eigenvalue weighted by atomic mass is 79.9. The first kappa shape index (κ1) is 15.2. The molecular formula is C14H12BrFN2O3.